The van der Waals surface area contributed by atoms with Crippen LogP contribution in [0.5, 0.6) is 5.75 Å². The molecule has 7 heteroatoms. The summed E-state index contributed by atoms with van der Waals surface area (Å²) in [5, 5.41) is 6.58. The second-order valence-corrected chi connectivity index (χ2v) is 7.23. The predicted octanol–water partition coefficient (Wildman–Crippen LogP) is 4.23. The van der Waals surface area contributed by atoms with Crippen LogP contribution >= 0.6 is 24.0 Å². The summed E-state index contributed by atoms with van der Waals surface area (Å²) >= 11 is 0. The maximum absolute atomic E-state index is 12.4. The van der Waals surface area contributed by atoms with Gasteiger partial charge >= 0.3 is 0 Å². The SMILES string of the molecule is CCN(CC)C(=O)c1ccc(CNC(=NC)NCC(C)Oc2cccc(C)c2)cc1.I. The number of benzene rings is 2. The lowest BCUT2D eigenvalue weighted by Crippen LogP contribution is -2.41. The molecule has 0 fully saturated rings. The summed E-state index contributed by atoms with van der Waals surface area (Å²) in [4.78, 5) is 18.5. The number of guanidine groups is 1. The molecule has 1 atom stereocenters. The zero-order chi connectivity index (χ0) is 21.9. The van der Waals surface area contributed by atoms with Crippen LogP contribution in [0.1, 0.15) is 42.3 Å². The fourth-order valence-electron chi connectivity index (χ4n) is 3.07. The van der Waals surface area contributed by atoms with Crippen molar-refractivity contribution < 1.29 is 9.53 Å². The van der Waals surface area contributed by atoms with E-state index in [0.717, 1.165) is 11.3 Å². The third kappa shape index (κ3) is 8.77. The van der Waals surface area contributed by atoms with Gasteiger partial charge in [0.15, 0.2) is 5.96 Å². The molecule has 2 aromatic carbocycles. The van der Waals surface area contributed by atoms with Gasteiger partial charge in [0.1, 0.15) is 11.9 Å². The zero-order valence-electron chi connectivity index (χ0n) is 19.1. The smallest absolute Gasteiger partial charge is 0.253 e. The third-order valence-electron chi connectivity index (χ3n) is 4.82. The summed E-state index contributed by atoms with van der Waals surface area (Å²) in [6.07, 6.45) is -0.00396. The third-order valence-corrected chi connectivity index (χ3v) is 4.82. The molecule has 2 rings (SSSR count). The second-order valence-electron chi connectivity index (χ2n) is 7.23. The highest BCUT2D eigenvalue weighted by molar-refractivity contribution is 14.0. The Balaban J connectivity index is 0.00000480. The van der Waals surface area contributed by atoms with Crippen LogP contribution in [0.3, 0.4) is 0 Å². The van der Waals surface area contributed by atoms with Crippen molar-refractivity contribution in [3.8, 4) is 5.75 Å². The van der Waals surface area contributed by atoms with Gasteiger partial charge in [-0.15, -0.1) is 24.0 Å². The van der Waals surface area contributed by atoms with Gasteiger partial charge in [0.25, 0.3) is 5.91 Å². The Bertz CT molecular complexity index is 836. The van der Waals surface area contributed by atoms with Crippen molar-refractivity contribution in [3.63, 3.8) is 0 Å². The summed E-state index contributed by atoms with van der Waals surface area (Å²) in [6.45, 7) is 10.7. The Morgan fingerprint density at radius 2 is 1.77 bits per heavy atom. The molecule has 0 bridgehead atoms. The van der Waals surface area contributed by atoms with E-state index in [9.17, 15) is 4.79 Å². The number of carbonyl (C=O) groups is 1. The van der Waals surface area contributed by atoms with Crippen LogP contribution in [0.4, 0.5) is 0 Å². The molecule has 2 N–H and O–H groups in total. The van der Waals surface area contributed by atoms with E-state index in [1.54, 1.807) is 7.05 Å². The highest BCUT2D eigenvalue weighted by Crippen LogP contribution is 2.14. The molecule has 0 saturated carbocycles. The van der Waals surface area contributed by atoms with E-state index in [0.29, 0.717) is 37.7 Å². The van der Waals surface area contributed by atoms with E-state index in [4.69, 9.17) is 4.74 Å². The van der Waals surface area contributed by atoms with Gasteiger partial charge in [-0.2, -0.15) is 0 Å². The lowest BCUT2D eigenvalue weighted by Gasteiger charge is -2.19. The van der Waals surface area contributed by atoms with Gasteiger partial charge in [0, 0.05) is 32.2 Å². The van der Waals surface area contributed by atoms with E-state index in [1.807, 2.05) is 81.1 Å². The van der Waals surface area contributed by atoms with Crippen LogP contribution in [0.25, 0.3) is 0 Å². The molecule has 0 heterocycles. The minimum absolute atomic E-state index is 0. The van der Waals surface area contributed by atoms with Crippen LogP contribution in [-0.2, 0) is 6.54 Å². The molecule has 0 aliphatic rings. The van der Waals surface area contributed by atoms with E-state index < -0.39 is 0 Å². The summed E-state index contributed by atoms with van der Waals surface area (Å²) in [5.41, 5.74) is 2.97. The molecule has 0 aliphatic heterocycles. The van der Waals surface area contributed by atoms with Crippen molar-refractivity contribution in [2.75, 3.05) is 26.7 Å². The number of hydrogen-bond donors (Lipinski definition) is 2. The molecule has 2 aromatic rings. The Kier molecular flexibility index (Phi) is 12.0. The van der Waals surface area contributed by atoms with Gasteiger partial charge in [-0.05, 0) is 63.1 Å². The fraction of sp³-hybridized carbons (Fsp3) is 0.417. The van der Waals surface area contributed by atoms with Gasteiger partial charge in [0.2, 0.25) is 0 Å². The molecule has 0 radical (unpaired) electrons. The summed E-state index contributed by atoms with van der Waals surface area (Å²) < 4.78 is 5.94. The number of nitrogens with zero attached hydrogens (tertiary/aromatic N) is 2. The van der Waals surface area contributed by atoms with Crippen molar-refractivity contribution in [2.45, 2.75) is 40.3 Å². The van der Waals surface area contributed by atoms with Crippen molar-refractivity contribution in [3.05, 3.63) is 65.2 Å². The fourth-order valence-corrected chi connectivity index (χ4v) is 3.07. The number of aliphatic imine (C=N–C) groups is 1. The number of nitrogens with one attached hydrogen (secondary N) is 2. The Labute approximate surface area is 203 Å². The van der Waals surface area contributed by atoms with Crippen molar-refractivity contribution in [1.29, 1.82) is 0 Å². The lowest BCUT2D eigenvalue weighted by atomic mass is 10.1. The minimum Gasteiger partial charge on any atom is -0.489 e. The first-order valence-electron chi connectivity index (χ1n) is 10.5. The molecule has 0 aromatic heterocycles. The van der Waals surface area contributed by atoms with Gasteiger partial charge in [-0.25, -0.2) is 0 Å². The average Bonchev–Trinajstić information content (AvgIpc) is 2.75. The van der Waals surface area contributed by atoms with E-state index in [2.05, 4.69) is 15.6 Å². The largest absolute Gasteiger partial charge is 0.489 e. The maximum Gasteiger partial charge on any atom is 0.253 e. The topological polar surface area (TPSA) is 66.0 Å². The standard InChI is InChI=1S/C24H34N4O2.HI/c1-6-28(7-2)23(29)21-13-11-20(12-14-21)17-27-24(25-5)26-16-19(4)30-22-10-8-9-18(3)15-22;/h8-15,19H,6-7,16-17H2,1-5H3,(H2,25,26,27);1H. The van der Waals surface area contributed by atoms with Crippen LogP contribution in [0.2, 0.25) is 0 Å². The molecule has 1 unspecified atom stereocenters. The quantitative estimate of drug-likeness (QED) is 0.285. The zero-order valence-corrected chi connectivity index (χ0v) is 21.5. The molecule has 1 amide bonds. The number of carbonyl (C=O) groups excluding carboxylic acids is 1. The number of ether oxygens (including phenoxy) is 1. The van der Waals surface area contributed by atoms with Crippen molar-refractivity contribution in [1.82, 2.24) is 15.5 Å². The van der Waals surface area contributed by atoms with Crippen LogP contribution < -0.4 is 15.4 Å². The van der Waals surface area contributed by atoms with E-state index >= 15 is 0 Å². The second kappa shape index (κ2) is 13.9. The molecule has 0 aliphatic carbocycles. The highest BCUT2D eigenvalue weighted by atomic mass is 127. The molecule has 0 saturated heterocycles. The number of hydrogen-bond acceptors (Lipinski definition) is 3. The summed E-state index contributed by atoms with van der Waals surface area (Å²) in [6, 6.07) is 15.7. The first-order chi connectivity index (χ1) is 14.5. The van der Waals surface area contributed by atoms with Crippen LogP contribution in [0, 0.1) is 6.92 Å². The maximum atomic E-state index is 12.4. The number of aryl methyl sites for hydroxylation is 1. The first kappa shape index (κ1) is 26.7. The van der Waals surface area contributed by atoms with Gasteiger partial charge in [-0.3, -0.25) is 9.79 Å². The Morgan fingerprint density at radius 1 is 1.10 bits per heavy atom. The monoisotopic (exact) mass is 538 g/mol. The Morgan fingerprint density at radius 3 is 2.35 bits per heavy atom. The van der Waals surface area contributed by atoms with Crippen molar-refractivity contribution in [2.24, 2.45) is 4.99 Å². The molecule has 31 heavy (non-hydrogen) atoms. The number of amides is 1. The Hall–Kier alpha value is -2.29. The van der Waals surface area contributed by atoms with Gasteiger partial charge in [0.05, 0.1) is 6.54 Å². The number of rotatable bonds is 9. The summed E-state index contributed by atoms with van der Waals surface area (Å²) in [5.74, 6) is 1.64. The van der Waals surface area contributed by atoms with E-state index in [-0.39, 0.29) is 36.0 Å². The molecule has 170 valence electrons. The molecular formula is C24H35IN4O2. The van der Waals surface area contributed by atoms with E-state index in [1.165, 1.54) is 5.56 Å². The normalized spacial score (nSPS) is 11.8. The van der Waals surface area contributed by atoms with Crippen LogP contribution in [-0.4, -0.2) is 49.6 Å². The number of halogens is 1. The van der Waals surface area contributed by atoms with Crippen molar-refractivity contribution >= 4 is 35.8 Å². The van der Waals surface area contributed by atoms with Gasteiger partial charge < -0.3 is 20.3 Å². The minimum atomic E-state index is -0.00396. The lowest BCUT2D eigenvalue weighted by molar-refractivity contribution is 0.0773. The molecule has 6 nitrogen and oxygen atoms in total. The summed E-state index contributed by atoms with van der Waals surface area (Å²) in [7, 11) is 1.74. The highest BCUT2D eigenvalue weighted by Gasteiger charge is 2.12. The van der Waals surface area contributed by atoms with Crippen LogP contribution in [0.15, 0.2) is 53.5 Å². The molecular weight excluding hydrogens is 503 g/mol. The van der Waals surface area contributed by atoms with Gasteiger partial charge in [-0.1, -0.05) is 24.3 Å². The average molecular weight is 538 g/mol. The molecule has 0 spiro atoms. The first-order valence-corrected chi connectivity index (χ1v) is 10.5. The predicted molar refractivity (Wildman–Crippen MR) is 139 cm³/mol.